The Bertz CT molecular complexity index is 1020. The van der Waals surface area contributed by atoms with Crippen LogP contribution in [0.25, 0.3) is 11.3 Å². The van der Waals surface area contributed by atoms with Gasteiger partial charge in [0.05, 0.1) is 23.2 Å². The maximum Gasteiger partial charge on any atom is 0.416 e. The summed E-state index contributed by atoms with van der Waals surface area (Å²) < 4.78 is 39.8. The first kappa shape index (κ1) is 20.7. The molecule has 0 bridgehead atoms. The van der Waals surface area contributed by atoms with Crippen molar-refractivity contribution in [3.8, 4) is 11.3 Å². The van der Waals surface area contributed by atoms with Gasteiger partial charge in [-0.05, 0) is 48.0 Å². The molecule has 2 aromatic carbocycles. The Balaban J connectivity index is 1.87. The Morgan fingerprint density at radius 2 is 1.76 bits per heavy atom. The second kappa shape index (κ2) is 8.53. The van der Waals surface area contributed by atoms with E-state index in [4.69, 9.17) is 11.6 Å². The number of pyridine rings is 1. The molecule has 0 aliphatic rings. The van der Waals surface area contributed by atoms with Crippen molar-refractivity contribution in [2.75, 3.05) is 24.4 Å². The van der Waals surface area contributed by atoms with Gasteiger partial charge in [0.25, 0.3) is 0 Å². The molecule has 4 nitrogen and oxygen atoms in total. The highest BCUT2D eigenvalue weighted by Crippen LogP contribution is 2.34. The zero-order valence-electron chi connectivity index (χ0n) is 15.7. The van der Waals surface area contributed by atoms with Crippen molar-refractivity contribution in [1.29, 1.82) is 0 Å². The van der Waals surface area contributed by atoms with E-state index in [9.17, 15) is 13.2 Å². The highest BCUT2D eigenvalue weighted by atomic mass is 35.5. The molecule has 0 radical (unpaired) electrons. The fourth-order valence-electron chi connectivity index (χ4n) is 2.54. The van der Waals surface area contributed by atoms with Gasteiger partial charge in [-0.2, -0.15) is 18.3 Å². The van der Waals surface area contributed by atoms with Crippen LogP contribution >= 0.6 is 11.6 Å². The van der Waals surface area contributed by atoms with E-state index in [-0.39, 0.29) is 11.5 Å². The number of benzene rings is 2. The first-order chi connectivity index (χ1) is 13.7. The largest absolute Gasteiger partial charge is 0.416 e. The first-order valence-corrected chi connectivity index (χ1v) is 9.02. The van der Waals surface area contributed by atoms with Crippen molar-refractivity contribution in [2.24, 2.45) is 5.10 Å². The standard InChI is InChI=1S/C21H18ClF3N4/c1-29(2)20-12-16(21(23,24)25)11-19(27-20)15-5-3-4-14(10-15)13-26-28-18-8-6-17(22)7-9-18/h3-13,28H,1-2H3/b26-13-. The molecule has 0 aliphatic heterocycles. The molecule has 1 N–H and O–H groups in total. The van der Waals surface area contributed by atoms with Crippen molar-refractivity contribution in [3.05, 3.63) is 76.8 Å². The summed E-state index contributed by atoms with van der Waals surface area (Å²) in [5.74, 6) is 0.235. The van der Waals surface area contributed by atoms with Gasteiger partial charge in [-0.3, -0.25) is 5.43 Å². The van der Waals surface area contributed by atoms with Gasteiger partial charge in [0.2, 0.25) is 0 Å². The molecule has 1 aromatic heterocycles. The average Bonchev–Trinajstić information content (AvgIpc) is 2.69. The minimum absolute atomic E-state index is 0.235. The summed E-state index contributed by atoms with van der Waals surface area (Å²) in [6.45, 7) is 0. The highest BCUT2D eigenvalue weighted by Gasteiger charge is 2.32. The predicted molar refractivity (Wildman–Crippen MR) is 112 cm³/mol. The van der Waals surface area contributed by atoms with Gasteiger partial charge in [-0.1, -0.05) is 29.8 Å². The lowest BCUT2D eigenvalue weighted by Gasteiger charge is -2.16. The third-order valence-electron chi connectivity index (χ3n) is 4.03. The number of hydrogen-bond acceptors (Lipinski definition) is 4. The van der Waals surface area contributed by atoms with Crippen molar-refractivity contribution in [2.45, 2.75) is 6.18 Å². The van der Waals surface area contributed by atoms with Crippen LogP contribution in [0, 0.1) is 0 Å². The topological polar surface area (TPSA) is 40.5 Å². The lowest BCUT2D eigenvalue weighted by atomic mass is 10.1. The fourth-order valence-corrected chi connectivity index (χ4v) is 2.67. The number of rotatable bonds is 5. The third kappa shape index (κ3) is 5.48. The molecule has 3 aromatic rings. The summed E-state index contributed by atoms with van der Waals surface area (Å²) in [7, 11) is 3.30. The lowest BCUT2D eigenvalue weighted by molar-refractivity contribution is -0.137. The quantitative estimate of drug-likeness (QED) is 0.412. The van der Waals surface area contributed by atoms with Gasteiger partial charge in [0.15, 0.2) is 0 Å². The van der Waals surface area contributed by atoms with E-state index < -0.39 is 11.7 Å². The molecule has 8 heteroatoms. The molecule has 3 rings (SSSR count). The summed E-state index contributed by atoms with van der Waals surface area (Å²) in [6, 6.07) is 16.1. The van der Waals surface area contributed by atoms with E-state index in [1.165, 1.54) is 0 Å². The molecule has 1 heterocycles. The SMILES string of the molecule is CN(C)c1cc(C(F)(F)F)cc(-c2cccc(/C=N\Nc3ccc(Cl)cc3)c2)n1. The molecule has 0 amide bonds. The van der Waals surface area contributed by atoms with Crippen LogP contribution in [0.2, 0.25) is 5.02 Å². The van der Waals surface area contributed by atoms with E-state index in [0.29, 0.717) is 10.6 Å². The van der Waals surface area contributed by atoms with Crippen LogP contribution in [0.15, 0.2) is 65.8 Å². The molecule has 0 saturated carbocycles. The molecule has 0 saturated heterocycles. The van der Waals surface area contributed by atoms with E-state index in [1.807, 2.05) is 0 Å². The fraction of sp³-hybridized carbons (Fsp3) is 0.143. The number of hydrazone groups is 1. The highest BCUT2D eigenvalue weighted by molar-refractivity contribution is 6.30. The summed E-state index contributed by atoms with van der Waals surface area (Å²) in [5, 5.41) is 4.78. The zero-order chi connectivity index (χ0) is 21.0. The average molecular weight is 419 g/mol. The number of alkyl halides is 3. The van der Waals surface area contributed by atoms with Crippen LogP contribution in [-0.4, -0.2) is 25.3 Å². The van der Waals surface area contributed by atoms with Crippen molar-refractivity contribution >= 4 is 29.3 Å². The number of aromatic nitrogens is 1. The normalized spacial score (nSPS) is 11.7. The molecule has 0 fully saturated rings. The van der Waals surface area contributed by atoms with Crippen LogP contribution in [0.3, 0.4) is 0 Å². The smallest absolute Gasteiger partial charge is 0.363 e. The van der Waals surface area contributed by atoms with Gasteiger partial charge in [0, 0.05) is 24.7 Å². The minimum atomic E-state index is -4.45. The van der Waals surface area contributed by atoms with Crippen LogP contribution in [0.1, 0.15) is 11.1 Å². The van der Waals surface area contributed by atoms with Crippen molar-refractivity contribution in [1.82, 2.24) is 4.98 Å². The maximum absolute atomic E-state index is 13.3. The van der Waals surface area contributed by atoms with Crippen LogP contribution < -0.4 is 10.3 Å². The van der Waals surface area contributed by atoms with Gasteiger partial charge >= 0.3 is 6.18 Å². The number of anilines is 2. The Kier molecular flexibility index (Phi) is 6.08. The molecule has 0 unspecified atom stereocenters. The third-order valence-corrected chi connectivity index (χ3v) is 4.28. The van der Waals surface area contributed by atoms with Crippen molar-refractivity contribution in [3.63, 3.8) is 0 Å². The first-order valence-electron chi connectivity index (χ1n) is 8.64. The Hall–Kier alpha value is -3.06. The molecular weight excluding hydrogens is 401 g/mol. The molecular formula is C21H18ClF3N4. The van der Waals surface area contributed by atoms with E-state index >= 15 is 0 Å². The number of nitrogens with one attached hydrogen (secondary N) is 1. The van der Waals surface area contributed by atoms with Gasteiger partial charge in [0.1, 0.15) is 5.82 Å². The second-order valence-corrected chi connectivity index (χ2v) is 6.93. The minimum Gasteiger partial charge on any atom is -0.363 e. The molecule has 150 valence electrons. The van der Waals surface area contributed by atoms with E-state index in [2.05, 4.69) is 15.5 Å². The van der Waals surface area contributed by atoms with Crippen molar-refractivity contribution < 1.29 is 13.2 Å². The summed E-state index contributed by atoms with van der Waals surface area (Å²) in [6.07, 6.45) is -2.87. The molecule has 0 atom stereocenters. The molecule has 0 aliphatic carbocycles. The lowest BCUT2D eigenvalue weighted by Crippen LogP contribution is -2.14. The molecule has 0 spiro atoms. The van der Waals surface area contributed by atoms with Crippen LogP contribution in [0.5, 0.6) is 0 Å². The van der Waals surface area contributed by atoms with Crippen LogP contribution in [-0.2, 0) is 6.18 Å². The number of hydrogen-bond donors (Lipinski definition) is 1. The molecule has 29 heavy (non-hydrogen) atoms. The van der Waals surface area contributed by atoms with Gasteiger partial charge in [-0.25, -0.2) is 4.98 Å². The van der Waals surface area contributed by atoms with E-state index in [1.54, 1.807) is 73.7 Å². The maximum atomic E-state index is 13.3. The van der Waals surface area contributed by atoms with E-state index in [0.717, 1.165) is 23.4 Å². The Morgan fingerprint density at radius 1 is 1.03 bits per heavy atom. The van der Waals surface area contributed by atoms with Gasteiger partial charge < -0.3 is 4.90 Å². The Morgan fingerprint density at radius 3 is 2.41 bits per heavy atom. The zero-order valence-corrected chi connectivity index (χ0v) is 16.5. The summed E-state index contributed by atoms with van der Waals surface area (Å²) in [5.41, 5.74) is 4.41. The number of nitrogens with zero attached hydrogens (tertiary/aromatic N) is 3. The second-order valence-electron chi connectivity index (χ2n) is 6.49. The Labute approximate surface area is 171 Å². The summed E-state index contributed by atoms with van der Waals surface area (Å²) >= 11 is 5.84. The van der Waals surface area contributed by atoms with Crippen LogP contribution in [0.4, 0.5) is 24.7 Å². The monoisotopic (exact) mass is 418 g/mol. The summed E-state index contributed by atoms with van der Waals surface area (Å²) in [4.78, 5) is 5.89. The predicted octanol–water partition coefficient (Wildman–Crippen LogP) is 5.93. The van der Waals surface area contributed by atoms with Gasteiger partial charge in [-0.15, -0.1) is 0 Å². The number of halogens is 4.